The van der Waals surface area contributed by atoms with Crippen molar-refractivity contribution in [2.45, 2.75) is 99.7 Å². The summed E-state index contributed by atoms with van der Waals surface area (Å²) in [7, 11) is 0. The van der Waals surface area contributed by atoms with E-state index in [4.69, 9.17) is 0 Å². The van der Waals surface area contributed by atoms with Crippen LogP contribution in [0.2, 0.25) is 0 Å². The van der Waals surface area contributed by atoms with E-state index in [0.717, 1.165) is 18.4 Å². The van der Waals surface area contributed by atoms with Gasteiger partial charge in [-0.25, -0.2) is 0 Å². The molecule has 1 atom stereocenters. The molecule has 2 nitrogen and oxygen atoms in total. The zero-order valence-corrected chi connectivity index (χ0v) is 17.5. The van der Waals surface area contributed by atoms with Crippen LogP contribution < -0.4 is 0 Å². The molecule has 134 valence electrons. The van der Waals surface area contributed by atoms with Crippen molar-refractivity contribution in [2.24, 2.45) is 11.8 Å². The molecule has 0 heterocycles. The average molecular weight is 313 g/mol. The predicted molar refractivity (Wildman–Crippen MR) is 102 cm³/mol. The van der Waals surface area contributed by atoms with Crippen molar-refractivity contribution in [2.75, 3.05) is 19.6 Å². The minimum atomic E-state index is 0.201. The fourth-order valence-corrected chi connectivity index (χ4v) is 3.58. The highest BCUT2D eigenvalue weighted by Crippen LogP contribution is 2.26. The molecular weight excluding hydrogens is 268 g/mol. The van der Waals surface area contributed by atoms with Crippen LogP contribution in [-0.2, 0) is 0 Å². The lowest BCUT2D eigenvalue weighted by Gasteiger charge is -2.49. The molecule has 0 saturated carbocycles. The highest BCUT2D eigenvalue weighted by Gasteiger charge is 2.34. The molecule has 0 N–H and O–H groups in total. The Balaban J connectivity index is 5.24. The monoisotopic (exact) mass is 312 g/mol. The van der Waals surface area contributed by atoms with E-state index in [1.54, 1.807) is 0 Å². The van der Waals surface area contributed by atoms with Crippen LogP contribution in [0.5, 0.6) is 0 Å². The topological polar surface area (TPSA) is 6.48 Å². The number of hydrogen-bond acceptors (Lipinski definition) is 2. The van der Waals surface area contributed by atoms with Crippen molar-refractivity contribution in [3.8, 4) is 0 Å². The first kappa shape index (κ1) is 21.9. The van der Waals surface area contributed by atoms with Crippen LogP contribution in [0.3, 0.4) is 0 Å². The highest BCUT2D eigenvalue weighted by molar-refractivity contribution is 4.90. The van der Waals surface area contributed by atoms with E-state index in [9.17, 15) is 0 Å². The van der Waals surface area contributed by atoms with Gasteiger partial charge in [-0.2, -0.15) is 0 Å². The van der Waals surface area contributed by atoms with Crippen LogP contribution in [0.15, 0.2) is 0 Å². The molecule has 0 rings (SSSR count). The smallest absolute Gasteiger partial charge is 0.0221 e. The van der Waals surface area contributed by atoms with E-state index in [0.29, 0.717) is 6.04 Å². The third-order valence-corrected chi connectivity index (χ3v) is 4.20. The van der Waals surface area contributed by atoms with Crippen LogP contribution in [0.4, 0.5) is 0 Å². The SMILES string of the molecule is CCC(CN(C(C)(C)C)C(C)(C)C)N(CC(C)C)CC(C)C. The highest BCUT2D eigenvalue weighted by atomic mass is 15.3. The number of rotatable bonds is 8. The quantitative estimate of drug-likeness (QED) is 0.602. The molecule has 0 aromatic heterocycles. The van der Waals surface area contributed by atoms with Crippen molar-refractivity contribution < 1.29 is 0 Å². The fraction of sp³-hybridized carbons (Fsp3) is 1.00. The maximum absolute atomic E-state index is 2.74. The molecule has 0 aromatic rings. The van der Waals surface area contributed by atoms with Gasteiger partial charge in [0, 0.05) is 36.8 Å². The van der Waals surface area contributed by atoms with Gasteiger partial charge in [0.15, 0.2) is 0 Å². The minimum Gasteiger partial charge on any atom is -0.299 e. The predicted octanol–water partition coefficient (Wildman–Crippen LogP) is 5.28. The van der Waals surface area contributed by atoms with E-state index in [-0.39, 0.29) is 11.1 Å². The Kier molecular flexibility index (Phi) is 8.65. The Labute approximate surface area is 141 Å². The summed E-state index contributed by atoms with van der Waals surface area (Å²) in [4.78, 5) is 5.42. The van der Waals surface area contributed by atoms with Crippen LogP contribution in [0.1, 0.15) is 82.6 Å². The molecule has 0 aliphatic rings. The lowest BCUT2D eigenvalue weighted by molar-refractivity contribution is 0.00257. The van der Waals surface area contributed by atoms with Gasteiger partial charge in [0.05, 0.1) is 0 Å². The molecule has 0 aliphatic carbocycles. The van der Waals surface area contributed by atoms with E-state index in [1.165, 1.54) is 19.5 Å². The lowest BCUT2D eigenvalue weighted by Crippen LogP contribution is -2.58. The van der Waals surface area contributed by atoms with E-state index < -0.39 is 0 Å². The van der Waals surface area contributed by atoms with Gasteiger partial charge in [0.25, 0.3) is 0 Å². The molecule has 0 radical (unpaired) electrons. The maximum atomic E-state index is 2.74. The summed E-state index contributed by atoms with van der Waals surface area (Å²) in [5, 5.41) is 0. The zero-order valence-electron chi connectivity index (χ0n) is 17.5. The second kappa shape index (κ2) is 8.68. The molecular formula is C20H44N2. The summed E-state index contributed by atoms with van der Waals surface area (Å²) in [5.41, 5.74) is 0.403. The fourth-order valence-electron chi connectivity index (χ4n) is 3.58. The molecule has 22 heavy (non-hydrogen) atoms. The van der Waals surface area contributed by atoms with Gasteiger partial charge < -0.3 is 0 Å². The molecule has 0 spiro atoms. The normalized spacial score (nSPS) is 15.4. The summed E-state index contributed by atoms with van der Waals surface area (Å²) in [6.45, 7) is 29.4. The Bertz CT molecular complexity index is 270. The van der Waals surface area contributed by atoms with Crippen LogP contribution in [0.25, 0.3) is 0 Å². The van der Waals surface area contributed by atoms with Gasteiger partial charge in [-0.15, -0.1) is 0 Å². The number of nitrogens with zero attached hydrogens (tertiary/aromatic N) is 2. The van der Waals surface area contributed by atoms with E-state index >= 15 is 0 Å². The third-order valence-electron chi connectivity index (χ3n) is 4.20. The lowest BCUT2D eigenvalue weighted by atomic mass is 9.94. The standard InChI is InChI=1S/C20H44N2/c1-12-18(21(13-16(2)3)14-17(4)5)15-22(19(6,7)8)20(9,10)11/h16-18H,12-15H2,1-11H3. The van der Waals surface area contributed by atoms with Crippen molar-refractivity contribution in [1.82, 2.24) is 9.80 Å². The Morgan fingerprint density at radius 1 is 0.682 bits per heavy atom. The van der Waals surface area contributed by atoms with Gasteiger partial charge in [-0.05, 0) is 59.8 Å². The molecule has 1 unspecified atom stereocenters. The first-order chi connectivity index (χ1) is 9.78. The average Bonchev–Trinajstić information content (AvgIpc) is 2.24. The molecule has 0 amide bonds. The first-order valence-corrected chi connectivity index (χ1v) is 9.30. The summed E-state index contributed by atoms with van der Waals surface area (Å²) in [5.74, 6) is 1.45. The van der Waals surface area contributed by atoms with Gasteiger partial charge >= 0.3 is 0 Å². The van der Waals surface area contributed by atoms with Crippen LogP contribution in [-0.4, -0.2) is 46.6 Å². The van der Waals surface area contributed by atoms with Gasteiger partial charge in [0.1, 0.15) is 0 Å². The van der Waals surface area contributed by atoms with Gasteiger partial charge in [-0.1, -0.05) is 34.6 Å². The molecule has 0 aromatic carbocycles. The van der Waals surface area contributed by atoms with Crippen LogP contribution in [0, 0.1) is 11.8 Å². The van der Waals surface area contributed by atoms with Crippen LogP contribution >= 0.6 is 0 Å². The Hall–Kier alpha value is -0.0800. The summed E-state index contributed by atoms with van der Waals surface area (Å²) in [6, 6.07) is 0.642. The molecule has 2 heteroatoms. The van der Waals surface area contributed by atoms with Crippen molar-refractivity contribution in [1.29, 1.82) is 0 Å². The second-order valence-corrected chi connectivity index (χ2v) is 9.76. The van der Waals surface area contributed by atoms with Crippen molar-refractivity contribution >= 4 is 0 Å². The van der Waals surface area contributed by atoms with Gasteiger partial charge in [-0.3, -0.25) is 9.80 Å². The zero-order chi connectivity index (χ0) is 17.7. The Morgan fingerprint density at radius 2 is 1.05 bits per heavy atom. The molecule has 0 aliphatic heterocycles. The largest absolute Gasteiger partial charge is 0.299 e. The van der Waals surface area contributed by atoms with Gasteiger partial charge in [0.2, 0.25) is 0 Å². The summed E-state index contributed by atoms with van der Waals surface area (Å²) in [6.07, 6.45) is 1.22. The van der Waals surface area contributed by atoms with E-state index in [1.807, 2.05) is 0 Å². The second-order valence-electron chi connectivity index (χ2n) is 9.76. The van der Waals surface area contributed by atoms with E-state index in [2.05, 4.69) is 86.0 Å². The van der Waals surface area contributed by atoms with Crippen molar-refractivity contribution in [3.63, 3.8) is 0 Å². The molecule has 0 saturated heterocycles. The summed E-state index contributed by atoms with van der Waals surface area (Å²) < 4.78 is 0. The van der Waals surface area contributed by atoms with Crippen molar-refractivity contribution in [3.05, 3.63) is 0 Å². The Morgan fingerprint density at radius 3 is 1.27 bits per heavy atom. The molecule has 0 bridgehead atoms. The third kappa shape index (κ3) is 7.97. The summed E-state index contributed by atoms with van der Waals surface area (Å²) >= 11 is 0. The maximum Gasteiger partial charge on any atom is 0.0221 e. The first-order valence-electron chi connectivity index (χ1n) is 9.30. The molecule has 0 fully saturated rings. The minimum absolute atomic E-state index is 0.201. The number of hydrogen-bond donors (Lipinski definition) is 0.